The third-order valence-electron chi connectivity index (χ3n) is 5.75. The number of hydrogen-bond acceptors (Lipinski definition) is 3. The number of benzene rings is 2. The van der Waals surface area contributed by atoms with Gasteiger partial charge in [0.05, 0.1) is 19.7 Å². The van der Waals surface area contributed by atoms with E-state index in [0.717, 1.165) is 21.6 Å². The van der Waals surface area contributed by atoms with E-state index in [1.165, 1.54) is 26.5 Å². The Labute approximate surface area is 174 Å². The highest BCUT2D eigenvalue weighted by atomic mass is 32.1. The third-order valence-corrected chi connectivity index (χ3v) is 7.16. The summed E-state index contributed by atoms with van der Waals surface area (Å²) in [6, 6.07) is 13.9. The van der Waals surface area contributed by atoms with Crippen LogP contribution in [-0.4, -0.2) is 35.2 Å². The predicted octanol–water partition coefficient (Wildman–Crippen LogP) is 5.29. The van der Waals surface area contributed by atoms with Gasteiger partial charge in [0.1, 0.15) is 6.17 Å². The van der Waals surface area contributed by atoms with Crippen molar-refractivity contribution in [3.8, 4) is 21.6 Å². The summed E-state index contributed by atoms with van der Waals surface area (Å²) < 4.78 is 13.0. The maximum Gasteiger partial charge on any atom is 0.254 e. The molecule has 0 spiro atoms. The van der Waals surface area contributed by atoms with Gasteiger partial charge in [-0.2, -0.15) is 0 Å². The van der Waals surface area contributed by atoms with Crippen LogP contribution in [0.1, 0.15) is 31.9 Å². The average Bonchev–Trinajstić information content (AvgIpc) is 2.99. The van der Waals surface area contributed by atoms with Crippen molar-refractivity contribution < 1.29 is 14.3 Å². The molecule has 150 valence electrons. The van der Waals surface area contributed by atoms with Gasteiger partial charge in [-0.05, 0) is 66.3 Å². The Morgan fingerprint density at radius 3 is 2.28 bits per heavy atom. The summed E-state index contributed by atoms with van der Waals surface area (Å²) in [7, 11) is 0. The second-order valence-corrected chi connectivity index (χ2v) is 8.78. The van der Waals surface area contributed by atoms with Crippen molar-refractivity contribution in [1.82, 2.24) is 4.90 Å². The maximum atomic E-state index is 13.0. The Hall–Kier alpha value is -2.50. The quantitative estimate of drug-likeness (QED) is 0.636. The van der Waals surface area contributed by atoms with Crippen molar-refractivity contribution in [2.75, 3.05) is 13.1 Å². The summed E-state index contributed by atoms with van der Waals surface area (Å²) in [6.07, 6.45) is -0.885. The summed E-state index contributed by atoms with van der Waals surface area (Å²) in [5.74, 6) is -0.111. The number of alkyl halides is 1. The fraction of sp³-hybridized carbons (Fsp3) is 0.292. The molecule has 1 N–H and O–H groups in total. The van der Waals surface area contributed by atoms with E-state index < -0.39 is 6.17 Å². The summed E-state index contributed by atoms with van der Waals surface area (Å²) in [5, 5.41) is 9.56. The van der Waals surface area contributed by atoms with E-state index in [1.54, 1.807) is 11.3 Å². The number of amides is 1. The van der Waals surface area contributed by atoms with Crippen LogP contribution in [0.3, 0.4) is 0 Å². The van der Waals surface area contributed by atoms with Gasteiger partial charge in [-0.25, -0.2) is 4.39 Å². The molecule has 1 aliphatic heterocycles. The number of aryl methyl sites for hydroxylation is 1. The van der Waals surface area contributed by atoms with Gasteiger partial charge >= 0.3 is 0 Å². The molecule has 3 aromatic rings. The second kappa shape index (κ2) is 7.73. The van der Waals surface area contributed by atoms with Crippen molar-refractivity contribution in [2.45, 2.75) is 33.5 Å². The minimum atomic E-state index is -0.885. The molecule has 1 fully saturated rings. The molecular weight excluding hydrogens is 385 g/mol. The first kappa shape index (κ1) is 19.8. The summed E-state index contributed by atoms with van der Waals surface area (Å²) in [6.45, 7) is 6.72. The molecule has 29 heavy (non-hydrogen) atoms. The molecule has 1 aromatic heterocycles. The number of aliphatic hydroxyl groups excluding tert-OH is 1. The maximum absolute atomic E-state index is 13.0. The van der Waals surface area contributed by atoms with Crippen LogP contribution in [0.5, 0.6) is 0 Å². The van der Waals surface area contributed by atoms with Crippen molar-refractivity contribution in [3.05, 3.63) is 69.6 Å². The predicted molar refractivity (Wildman–Crippen MR) is 116 cm³/mol. The Kier molecular flexibility index (Phi) is 5.28. The van der Waals surface area contributed by atoms with Gasteiger partial charge in [0.15, 0.2) is 0 Å². The molecule has 1 amide bonds. The van der Waals surface area contributed by atoms with Crippen molar-refractivity contribution in [3.63, 3.8) is 0 Å². The number of thiophene rings is 1. The molecule has 3 nitrogen and oxygen atoms in total. The van der Waals surface area contributed by atoms with Crippen molar-refractivity contribution >= 4 is 17.2 Å². The van der Waals surface area contributed by atoms with Crippen LogP contribution < -0.4 is 0 Å². The van der Waals surface area contributed by atoms with E-state index in [4.69, 9.17) is 0 Å². The molecule has 4 rings (SSSR count). The molecule has 0 atom stereocenters. The number of carbonyl (C=O) groups is 1. The Morgan fingerprint density at radius 2 is 1.72 bits per heavy atom. The highest BCUT2D eigenvalue weighted by Crippen LogP contribution is 2.38. The zero-order chi connectivity index (χ0) is 20.7. The van der Waals surface area contributed by atoms with E-state index >= 15 is 0 Å². The van der Waals surface area contributed by atoms with Crippen LogP contribution in [0.4, 0.5) is 4.39 Å². The summed E-state index contributed by atoms with van der Waals surface area (Å²) in [4.78, 5) is 16.1. The molecule has 1 saturated heterocycles. The minimum absolute atomic E-state index is 0.0724. The highest BCUT2D eigenvalue weighted by molar-refractivity contribution is 7.15. The van der Waals surface area contributed by atoms with Crippen LogP contribution in [0.15, 0.2) is 42.5 Å². The number of likely N-dealkylation sites (tertiary alicyclic amines) is 1. The minimum Gasteiger partial charge on any atom is -0.391 e. The van der Waals surface area contributed by atoms with E-state index in [9.17, 15) is 14.3 Å². The molecule has 1 aliphatic rings. The van der Waals surface area contributed by atoms with Gasteiger partial charge in [-0.3, -0.25) is 4.79 Å². The molecule has 0 aliphatic carbocycles. The Balaban J connectivity index is 1.59. The van der Waals surface area contributed by atoms with Gasteiger partial charge in [-0.1, -0.05) is 30.3 Å². The molecule has 0 bridgehead atoms. The van der Waals surface area contributed by atoms with Gasteiger partial charge in [-0.15, -0.1) is 11.3 Å². The SMILES string of the molecule is Cc1cc(-c2ccc(C(=O)N3CC(F)C3)cc2)ccc1-c1sc(CO)c(C)c1C. The Bertz CT molecular complexity index is 1070. The molecule has 0 unspecified atom stereocenters. The van der Waals surface area contributed by atoms with E-state index in [2.05, 4.69) is 39.0 Å². The van der Waals surface area contributed by atoms with Crippen LogP contribution in [0.25, 0.3) is 21.6 Å². The lowest BCUT2D eigenvalue weighted by atomic mass is 9.96. The first-order valence-electron chi connectivity index (χ1n) is 9.73. The molecule has 0 radical (unpaired) electrons. The van der Waals surface area contributed by atoms with E-state index in [0.29, 0.717) is 5.56 Å². The lowest BCUT2D eigenvalue weighted by Gasteiger charge is -2.34. The topological polar surface area (TPSA) is 40.5 Å². The zero-order valence-electron chi connectivity index (χ0n) is 16.8. The van der Waals surface area contributed by atoms with Gasteiger partial charge < -0.3 is 10.0 Å². The Morgan fingerprint density at radius 1 is 1.07 bits per heavy atom. The van der Waals surface area contributed by atoms with Crippen LogP contribution in [0.2, 0.25) is 0 Å². The number of nitrogens with zero attached hydrogens (tertiary/aromatic N) is 1. The number of hydrogen-bond donors (Lipinski definition) is 1. The molecule has 2 aromatic carbocycles. The standard InChI is InChI=1S/C24H24FNO2S/c1-14-10-19(8-9-21(14)23-16(3)15(2)22(13-27)29-23)17-4-6-18(7-5-17)24(28)26-11-20(25)12-26/h4-10,20,27H,11-13H2,1-3H3. The van der Waals surface area contributed by atoms with Crippen molar-refractivity contribution in [1.29, 1.82) is 0 Å². The fourth-order valence-electron chi connectivity index (χ4n) is 3.74. The molecule has 2 heterocycles. The average molecular weight is 410 g/mol. The smallest absolute Gasteiger partial charge is 0.254 e. The molecule has 0 saturated carbocycles. The number of aliphatic hydroxyl groups is 1. The normalized spacial score (nSPS) is 14.2. The van der Waals surface area contributed by atoms with Gasteiger partial charge in [0, 0.05) is 15.3 Å². The van der Waals surface area contributed by atoms with Gasteiger partial charge in [0.25, 0.3) is 5.91 Å². The third kappa shape index (κ3) is 3.61. The zero-order valence-corrected chi connectivity index (χ0v) is 17.6. The highest BCUT2D eigenvalue weighted by Gasteiger charge is 2.30. The largest absolute Gasteiger partial charge is 0.391 e. The lowest BCUT2D eigenvalue weighted by molar-refractivity contribution is 0.0400. The molecular formula is C24H24FNO2S. The van der Waals surface area contributed by atoms with Gasteiger partial charge in [0.2, 0.25) is 0 Å². The van der Waals surface area contributed by atoms with Crippen LogP contribution >= 0.6 is 11.3 Å². The van der Waals surface area contributed by atoms with Crippen molar-refractivity contribution in [2.24, 2.45) is 0 Å². The van der Waals surface area contributed by atoms with E-state index in [-0.39, 0.29) is 25.6 Å². The van der Waals surface area contributed by atoms with Crippen LogP contribution in [0, 0.1) is 20.8 Å². The lowest BCUT2D eigenvalue weighted by Crippen LogP contribution is -2.51. The summed E-state index contributed by atoms with van der Waals surface area (Å²) in [5.41, 5.74) is 7.46. The fourth-order valence-corrected chi connectivity index (χ4v) is 5.00. The number of halogens is 1. The number of carbonyl (C=O) groups excluding carboxylic acids is 1. The summed E-state index contributed by atoms with van der Waals surface area (Å²) >= 11 is 1.65. The first-order chi connectivity index (χ1) is 13.9. The number of rotatable bonds is 4. The molecule has 5 heteroatoms. The first-order valence-corrected chi connectivity index (χ1v) is 10.5. The monoisotopic (exact) mass is 409 g/mol. The van der Waals surface area contributed by atoms with Crippen LogP contribution in [-0.2, 0) is 6.61 Å². The van der Waals surface area contributed by atoms with E-state index in [1.807, 2.05) is 24.3 Å². The second-order valence-electron chi connectivity index (χ2n) is 7.68.